The van der Waals surface area contributed by atoms with E-state index in [0.717, 1.165) is 18.5 Å². The third-order valence-corrected chi connectivity index (χ3v) is 4.76. The molecule has 8 heteroatoms. The average molecular weight is 344 g/mol. The molecular weight excluding hydrogens is 320 g/mol. The van der Waals surface area contributed by atoms with Crippen molar-refractivity contribution in [2.24, 2.45) is 5.92 Å². The van der Waals surface area contributed by atoms with Crippen molar-refractivity contribution in [2.75, 3.05) is 0 Å². The van der Waals surface area contributed by atoms with Gasteiger partial charge < -0.3 is 9.26 Å². The maximum absolute atomic E-state index is 12.3. The second-order valence-electron chi connectivity index (χ2n) is 6.58. The van der Waals surface area contributed by atoms with Gasteiger partial charge in [0.1, 0.15) is 11.8 Å². The molecule has 23 heavy (non-hydrogen) atoms. The summed E-state index contributed by atoms with van der Waals surface area (Å²) in [7, 11) is -3.74. The number of nitrogens with zero attached hydrogens (tertiary/aromatic N) is 1. The Morgan fingerprint density at radius 3 is 2.57 bits per heavy atom. The highest BCUT2D eigenvalue weighted by atomic mass is 32.2. The van der Waals surface area contributed by atoms with Crippen LogP contribution in [0.3, 0.4) is 0 Å². The zero-order valence-electron chi connectivity index (χ0n) is 13.9. The molecule has 1 aromatic rings. The standard InChI is InChI=1S/C15H24N2O5S/c1-9(2)14(15(18)21-10(3)4)17-23(19,20)8-12-7-13(16-22-12)11-5-6-11/h7,9-11,14,17H,5-6,8H2,1-4H3/t14-/m0/s1. The molecule has 1 fully saturated rings. The molecule has 0 saturated heterocycles. The molecule has 1 saturated carbocycles. The van der Waals surface area contributed by atoms with Crippen LogP contribution in [0.15, 0.2) is 10.6 Å². The summed E-state index contributed by atoms with van der Waals surface area (Å²) < 4.78 is 37.2. The van der Waals surface area contributed by atoms with Gasteiger partial charge in [0.2, 0.25) is 10.0 Å². The summed E-state index contributed by atoms with van der Waals surface area (Å²) in [5.74, 6) is -0.473. The van der Waals surface area contributed by atoms with Crippen LogP contribution < -0.4 is 4.72 Å². The van der Waals surface area contributed by atoms with Gasteiger partial charge in [-0.15, -0.1) is 0 Å². The number of rotatable bonds is 8. The largest absolute Gasteiger partial charge is 0.462 e. The van der Waals surface area contributed by atoms with Crippen LogP contribution in [-0.4, -0.2) is 31.7 Å². The van der Waals surface area contributed by atoms with Crippen LogP contribution in [0.5, 0.6) is 0 Å². The fraction of sp³-hybridized carbons (Fsp3) is 0.733. The van der Waals surface area contributed by atoms with E-state index in [4.69, 9.17) is 9.26 Å². The van der Waals surface area contributed by atoms with Crippen molar-refractivity contribution in [3.8, 4) is 0 Å². The molecule has 1 atom stereocenters. The summed E-state index contributed by atoms with van der Waals surface area (Å²) in [6.07, 6.45) is 1.82. The Labute approximate surface area is 136 Å². The predicted molar refractivity (Wildman–Crippen MR) is 84.1 cm³/mol. The second-order valence-corrected chi connectivity index (χ2v) is 8.33. The molecule has 0 aliphatic heterocycles. The van der Waals surface area contributed by atoms with Crippen LogP contribution in [0.2, 0.25) is 0 Å². The van der Waals surface area contributed by atoms with Gasteiger partial charge in [-0.1, -0.05) is 19.0 Å². The van der Waals surface area contributed by atoms with Crippen LogP contribution in [0.25, 0.3) is 0 Å². The lowest BCUT2D eigenvalue weighted by atomic mass is 10.1. The van der Waals surface area contributed by atoms with Gasteiger partial charge in [0.15, 0.2) is 5.76 Å². The molecule has 1 heterocycles. The molecule has 0 spiro atoms. The first kappa shape index (κ1) is 17.9. The number of hydrogen-bond acceptors (Lipinski definition) is 6. The first-order valence-corrected chi connectivity index (χ1v) is 9.49. The average Bonchev–Trinajstić information content (AvgIpc) is 3.16. The van der Waals surface area contributed by atoms with Gasteiger partial charge in [0, 0.05) is 12.0 Å². The van der Waals surface area contributed by atoms with Crippen molar-refractivity contribution < 1.29 is 22.5 Å². The minimum absolute atomic E-state index is 0.229. The number of nitrogens with one attached hydrogen (secondary N) is 1. The van der Waals surface area contributed by atoms with Gasteiger partial charge >= 0.3 is 5.97 Å². The quantitative estimate of drug-likeness (QED) is 0.724. The van der Waals surface area contributed by atoms with Gasteiger partial charge in [-0.05, 0) is 32.6 Å². The third kappa shape index (κ3) is 5.31. The summed E-state index contributed by atoms with van der Waals surface area (Å²) >= 11 is 0. The Kier molecular flexibility index (Phi) is 5.46. The van der Waals surface area contributed by atoms with Crippen molar-refractivity contribution in [2.45, 2.75) is 64.4 Å². The SMILES string of the molecule is CC(C)OC(=O)[C@@H](NS(=O)(=O)Cc1cc(C2CC2)no1)C(C)C. The molecule has 1 aromatic heterocycles. The number of carbonyl (C=O) groups excluding carboxylic acids is 1. The molecule has 0 radical (unpaired) electrons. The van der Waals surface area contributed by atoms with Crippen LogP contribution in [0, 0.1) is 5.92 Å². The van der Waals surface area contributed by atoms with Gasteiger partial charge in [0.05, 0.1) is 11.8 Å². The molecule has 0 amide bonds. The summed E-state index contributed by atoms with van der Waals surface area (Å²) in [5, 5.41) is 3.89. The molecule has 1 aliphatic carbocycles. The van der Waals surface area contributed by atoms with Crippen molar-refractivity contribution in [1.29, 1.82) is 0 Å². The Balaban J connectivity index is 2.02. The highest BCUT2D eigenvalue weighted by Crippen LogP contribution is 2.39. The number of aromatic nitrogens is 1. The van der Waals surface area contributed by atoms with Gasteiger partial charge in [-0.25, -0.2) is 13.1 Å². The van der Waals surface area contributed by atoms with E-state index < -0.39 is 22.0 Å². The molecule has 0 aromatic carbocycles. The van der Waals surface area contributed by atoms with E-state index in [-0.39, 0.29) is 23.5 Å². The lowest BCUT2D eigenvalue weighted by Gasteiger charge is -2.21. The van der Waals surface area contributed by atoms with Crippen LogP contribution in [0.1, 0.15) is 57.9 Å². The number of carbonyl (C=O) groups is 1. The van der Waals surface area contributed by atoms with E-state index >= 15 is 0 Å². The fourth-order valence-corrected chi connectivity index (χ4v) is 3.50. The minimum Gasteiger partial charge on any atom is -0.462 e. The summed E-state index contributed by atoms with van der Waals surface area (Å²) in [5.41, 5.74) is 0.801. The van der Waals surface area contributed by atoms with E-state index in [9.17, 15) is 13.2 Å². The molecular formula is C15H24N2O5S. The molecule has 2 rings (SSSR count). The van der Waals surface area contributed by atoms with E-state index in [1.165, 1.54) is 0 Å². The summed E-state index contributed by atoms with van der Waals surface area (Å²) in [4.78, 5) is 12.0. The highest BCUT2D eigenvalue weighted by Gasteiger charge is 2.31. The third-order valence-electron chi connectivity index (χ3n) is 3.48. The molecule has 1 aliphatic rings. The van der Waals surface area contributed by atoms with E-state index in [1.807, 2.05) is 0 Å². The first-order valence-electron chi connectivity index (χ1n) is 7.84. The monoisotopic (exact) mass is 344 g/mol. The summed E-state index contributed by atoms with van der Waals surface area (Å²) in [6, 6.07) is 0.751. The second kappa shape index (κ2) is 7.00. The van der Waals surface area contributed by atoms with Crippen molar-refractivity contribution in [1.82, 2.24) is 9.88 Å². The van der Waals surface area contributed by atoms with Crippen LogP contribution in [0.4, 0.5) is 0 Å². The zero-order valence-corrected chi connectivity index (χ0v) is 14.7. The van der Waals surface area contributed by atoms with Crippen molar-refractivity contribution in [3.05, 3.63) is 17.5 Å². The first-order chi connectivity index (χ1) is 10.7. The van der Waals surface area contributed by atoms with Gasteiger partial charge in [-0.3, -0.25) is 4.79 Å². The Bertz CT molecular complexity index is 647. The van der Waals surface area contributed by atoms with Crippen LogP contribution in [-0.2, 0) is 25.3 Å². The lowest BCUT2D eigenvalue weighted by molar-refractivity contribution is -0.150. The van der Waals surface area contributed by atoms with Gasteiger partial charge in [0.25, 0.3) is 0 Å². The van der Waals surface area contributed by atoms with Gasteiger partial charge in [-0.2, -0.15) is 0 Å². The minimum atomic E-state index is -3.74. The molecule has 0 unspecified atom stereocenters. The van der Waals surface area contributed by atoms with E-state index in [1.54, 1.807) is 33.8 Å². The topological polar surface area (TPSA) is 98.5 Å². The number of hydrogen-bond donors (Lipinski definition) is 1. The normalized spacial score (nSPS) is 16.8. The number of sulfonamides is 1. The lowest BCUT2D eigenvalue weighted by Crippen LogP contribution is -2.46. The molecule has 7 nitrogen and oxygen atoms in total. The Hall–Kier alpha value is -1.41. The summed E-state index contributed by atoms with van der Waals surface area (Å²) in [6.45, 7) is 6.96. The number of esters is 1. The van der Waals surface area contributed by atoms with E-state index in [0.29, 0.717) is 5.92 Å². The van der Waals surface area contributed by atoms with Crippen LogP contribution >= 0.6 is 0 Å². The maximum Gasteiger partial charge on any atom is 0.324 e. The van der Waals surface area contributed by atoms with Crippen molar-refractivity contribution >= 4 is 16.0 Å². The zero-order chi connectivity index (χ0) is 17.2. The van der Waals surface area contributed by atoms with E-state index in [2.05, 4.69) is 9.88 Å². The molecule has 1 N–H and O–H groups in total. The predicted octanol–water partition coefficient (Wildman–Crippen LogP) is 1.95. The maximum atomic E-state index is 12.3. The molecule has 130 valence electrons. The Morgan fingerprint density at radius 2 is 2.04 bits per heavy atom. The number of ether oxygens (including phenoxy) is 1. The highest BCUT2D eigenvalue weighted by molar-refractivity contribution is 7.88. The Morgan fingerprint density at radius 1 is 1.39 bits per heavy atom. The molecule has 0 bridgehead atoms. The van der Waals surface area contributed by atoms with Crippen molar-refractivity contribution in [3.63, 3.8) is 0 Å². The smallest absolute Gasteiger partial charge is 0.324 e. The fourth-order valence-electron chi connectivity index (χ4n) is 2.15.